The lowest BCUT2D eigenvalue weighted by atomic mass is 9.70. The lowest BCUT2D eigenvalue weighted by molar-refractivity contribution is 0.793. The maximum Gasteiger partial charge on any atom is 0.0726 e. The number of fused-ring (bicyclic) bond motifs is 20. The first kappa shape index (κ1) is 30.9. The van der Waals surface area contributed by atoms with Crippen LogP contribution in [0, 0.1) is 0 Å². The fourth-order valence-corrected chi connectivity index (χ4v) is 12.1. The first-order chi connectivity index (χ1) is 33.0. The minimum atomic E-state index is -0.640. The Bertz CT molecular complexity index is 3640. The molecule has 2 spiro atoms. The number of hydrogen-bond donors (Lipinski definition) is 0. The van der Waals surface area contributed by atoms with Gasteiger partial charge in [0.05, 0.1) is 22.0 Å². The molecule has 0 N–H and O–H groups in total. The van der Waals surface area contributed by atoms with Gasteiger partial charge in [0.25, 0.3) is 0 Å². The number of anilines is 3. The summed E-state index contributed by atoms with van der Waals surface area (Å²) in [6, 6.07) is 74.6. The molecule has 0 aromatic heterocycles. The molecular weight excluding hydrogens is 759 g/mol. The fourth-order valence-electron chi connectivity index (χ4n) is 12.1. The summed E-state index contributed by atoms with van der Waals surface area (Å²) in [5.74, 6) is 0. The average molecular weight is 802 g/mol. The van der Waals surface area contributed by atoms with Gasteiger partial charge in [-0.2, -0.15) is 0 Å². The molecule has 0 heterocycles. The Morgan fingerprint density at radius 1 is 0.286 bits per heavy atom. The van der Waals surface area contributed by atoms with Gasteiger partial charge in [-0.05, 0) is 125 Å². The first-order valence-corrected chi connectivity index (χ1v) is 21.8. The van der Waals surface area contributed by atoms with Crippen molar-refractivity contribution in [2.24, 2.45) is 0 Å². The van der Waals surface area contributed by atoms with Crippen LogP contribution in [0.1, 0.15) is 50.0 Å². The van der Waals surface area contributed by atoms with Gasteiger partial charge in [-0.3, -0.25) is 0 Å². The number of rotatable bonds is 4. The molecule has 292 valence electrons. The molecular formula is C62H39N. The Morgan fingerprint density at radius 3 is 1.19 bits per heavy atom. The number of hydrogen-bond acceptors (Lipinski definition) is 1. The molecule has 10 aromatic carbocycles. The minimum absolute atomic E-state index is 0.0843. The van der Waals surface area contributed by atoms with E-state index >= 15 is 0 Å². The maximum atomic E-state index is 10.0. The lowest BCUT2D eigenvalue weighted by Gasteiger charge is -2.33. The number of nitrogens with zero attached hydrogens (tertiary/aromatic N) is 1. The van der Waals surface area contributed by atoms with Gasteiger partial charge in [-0.1, -0.05) is 206 Å². The second kappa shape index (κ2) is 12.8. The van der Waals surface area contributed by atoms with Crippen molar-refractivity contribution in [1.29, 1.82) is 0 Å². The molecule has 0 atom stereocenters. The molecule has 0 radical (unpaired) electrons. The van der Waals surface area contributed by atoms with E-state index in [0.717, 1.165) is 39.2 Å². The van der Waals surface area contributed by atoms with Crippen molar-refractivity contribution >= 4 is 17.1 Å². The summed E-state index contributed by atoms with van der Waals surface area (Å²) >= 11 is 0. The second-order valence-electron chi connectivity index (χ2n) is 17.1. The molecule has 0 unspecified atom stereocenters. The normalized spacial score (nSPS) is 15.2. The van der Waals surface area contributed by atoms with Crippen LogP contribution >= 0.6 is 0 Å². The quantitative estimate of drug-likeness (QED) is 0.171. The van der Waals surface area contributed by atoms with Gasteiger partial charge in [0.1, 0.15) is 0 Å². The Balaban J connectivity index is 1.10. The third kappa shape index (κ3) is 4.36. The van der Waals surface area contributed by atoms with E-state index in [4.69, 9.17) is 0 Å². The van der Waals surface area contributed by atoms with Crippen LogP contribution in [0.5, 0.6) is 0 Å². The molecule has 0 amide bonds. The van der Waals surface area contributed by atoms with Crippen molar-refractivity contribution in [1.82, 2.24) is 0 Å². The zero-order valence-corrected chi connectivity index (χ0v) is 34.2. The van der Waals surface area contributed by atoms with Crippen LogP contribution in [-0.4, -0.2) is 0 Å². The third-order valence-corrected chi connectivity index (χ3v) is 14.4. The summed E-state index contributed by atoms with van der Waals surface area (Å²) in [4.78, 5) is 2.04. The molecule has 4 aliphatic rings. The van der Waals surface area contributed by atoms with Crippen LogP contribution in [0.4, 0.5) is 17.1 Å². The van der Waals surface area contributed by atoms with Crippen LogP contribution < -0.4 is 4.90 Å². The van der Waals surface area contributed by atoms with Crippen LogP contribution in [0.25, 0.3) is 55.6 Å². The van der Waals surface area contributed by atoms with Crippen molar-refractivity contribution in [3.8, 4) is 55.6 Å². The zero-order valence-electron chi connectivity index (χ0n) is 38.2. The Morgan fingerprint density at radius 2 is 0.683 bits per heavy atom. The maximum absolute atomic E-state index is 10.0. The smallest absolute Gasteiger partial charge is 0.0726 e. The molecule has 63 heavy (non-hydrogen) atoms. The molecule has 1 nitrogen and oxygen atoms in total. The summed E-state index contributed by atoms with van der Waals surface area (Å²) in [6.07, 6.45) is 0. The summed E-state index contributed by atoms with van der Waals surface area (Å²) in [6.45, 7) is 0. The van der Waals surface area contributed by atoms with Gasteiger partial charge in [0.15, 0.2) is 0 Å². The Hall–Kier alpha value is -8.00. The van der Waals surface area contributed by atoms with E-state index in [-0.39, 0.29) is 35.4 Å². The van der Waals surface area contributed by atoms with E-state index < -0.39 is 10.8 Å². The van der Waals surface area contributed by atoms with Crippen molar-refractivity contribution < 1.29 is 5.48 Å². The van der Waals surface area contributed by atoms with Crippen LogP contribution in [0.3, 0.4) is 0 Å². The molecule has 10 aromatic rings. The molecule has 0 fully saturated rings. The van der Waals surface area contributed by atoms with Crippen LogP contribution in [-0.2, 0) is 10.8 Å². The molecule has 14 rings (SSSR count). The third-order valence-electron chi connectivity index (χ3n) is 14.4. The zero-order chi connectivity index (χ0) is 44.8. The van der Waals surface area contributed by atoms with Gasteiger partial charge < -0.3 is 4.90 Å². The van der Waals surface area contributed by atoms with Gasteiger partial charge in [-0.25, -0.2) is 0 Å². The van der Waals surface area contributed by atoms with Crippen molar-refractivity contribution in [3.63, 3.8) is 0 Å². The Kier molecular flexibility index (Phi) is 6.27. The fraction of sp³-hybridized carbons (Fsp3) is 0.0323. The van der Waals surface area contributed by atoms with Crippen LogP contribution in [0.15, 0.2) is 236 Å². The van der Waals surface area contributed by atoms with Gasteiger partial charge in [0.2, 0.25) is 0 Å². The standard InChI is InChI=1S/C62H39N/c1-2-17-40(18-3-1)41-33-35-42(36-34-41)63(43-37-38-49-48-23-8-14-29-55(48)62(58(49)39-43)53-27-12-6-21-46(53)47-22-7-13-28-54(47)62)59-32-16-31-57-60(59)50-24-9-15-30-56(50)61(57)51-25-10-4-19-44(51)45-20-5-11-26-52(45)61/h1-39H/i33D,34D,35D,36D. The molecule has 0 saturated carbocycles. The SMILES string of the molecule is [2H]c1c([2H])c(N(c2ccc3c(c2)C2(c4ccccc4-c4ccccc42)c2ccccc2-3)c2cccc3c2-c2ccccc2C32c3ccccc3-c3ccccc32)c([2H])c([2H])c1-c1ccccc1. The first-order valence-electron chi connectivity index (χ1n) is 23.8. The summed E-state index contributed by atoms with van der Waals surface area (Å²) < 4.78 is 39.4. The van der Waals surface area contributed by atoms with E-state index in [1.807, 2.05) is 35.2 Å². The average Bonchev–Trinajstić information content (AvgIpc) is 4.06. The van der Waals surface area contributed by atoms with Gasteiger partial charge in [-0.15, -0.1) is 0 Å². The van der Waals surface area contributed by atoms with E-state index in [9.17, 15) is 5.48 Å². The van der Waals surface area contributed by atoms with Gasteiger partial charge >= 0.3 is 0 Å². The minimum Gasteiger partial charge on any atom is -0.310 e. The summed E-state index contributed by atoms with van der Waals surface area (Å²) in [7, 11) is 0. The predicted molar refractivity (Wildman–Crippen MR) is 259 cm³/mol. The topological polar surface area (TPSA) is 3.24 Å². The monoisotopic (exact) mass is 801 g/mol. The van der Waals surface area contributed by atoms with Crippen molar-refractivity contribution in [2.75, 3.05) is 4.90 Å². The molecule has 4 aliphatic carbocycles. The lowest BCUT2D eigenvalue weighted by Crippen LogP contribution is -2.26. The summed E-state index contributed by atoms with van der Waals surface area (Å²) in [5, 5.41) is 0. The summed E-state index contributed by atoms with van der Waals surface area (Å²) in [5.41, 5.74) is 20.1. The van der Waals surface area contributed by atoms with Gasteiger partial charge in [0, 0.05) is 16.9 Å². The number of benzene rings is 10. The molecule has 0 saturated heterocycles. The Labute approximate surface area is 373 Å². The van der Waals surface area contributed by atoms with E-state index in [1.165, 1.54) is 61.2 Å². The van der Waals surface area contributed by atoms with E-state index in [2.05, 4.69) is 182 Å². The van der Waals surface area contributed by atoms with E-state index in [1.54, 1.807) is 0 Å². The van der Waals surface area contributed by atoms with E-state index in [0.29, 0.717) is 5.56 Å². The second-order valence-corrected chi connectivity index (χ2v) is 17.1. The highest BCUT2D eigenvalue weighted by molar-refractivity contribution is 6.02. The van der Waals surface area contributed by atoms with Crippen LogP contribution in [0.2, 0.25) is 0 Å². The predicted octanol–water partition coefficient (Wildman–Crippen LogP) is 15.5. The highest BCUT2D eigenvalue weighted by Gasteiger charge is 2.54. The highest BCUT2D eigenvalue weighted by Crippen LogP contribution is 2.66. The highest BCUT2D eigenvalue weighted by atomic mass is 15.1. The van der Waals surface area contributed by atoms with Crippen molar-refractivity contribution in [3.05, 3.63) is 281 Å². The molecule has 0 bridgehead atoms. The largest absolute Gasteiger partial charge is 0.310 e. The molecule has 0 aliphatic heterocycles. The molecule has 1 heteroatoms. The van der Waals surface area contributed by atoms with Crippen molar-refractivity contribution in [2.45, 2.75) is 10.8 Å².